The minimum Gasteiger partial charge on any atom is -0.508 e. The van der Waals surface area contributed by atoms with Crippen LogP contribution in [0.5, 0.6) is 11.5 Å². The van der Waals surface area contributed by atoms with Crippen molar-refractivity contribution >= 4 is 17.6 Å². The molecule has 0 amide bonds. The van der Waals surface area contributed by atoms with Gasteiger partial charge in [-0.15, -0.1) is 0 Å². The third-order valence-corrected chi connectivity index (χ3v) is 2.84. The minimum absolute atomic E-state index is 0.0999. The summed E-state index contributed by atoms with van der Waals surface area (Å²) in [6.07, 6.45) is 1.58. The maximum Gasteiger partial charge on any atom is 0.336 e. The van der Waals surface area contributed by atoms with Crippen molar-refractivity contribution in [2.75, 3.05) is 7.11 Å². The Bertz CT molecular complexity index is 625. The molecule has 0 aliphatic heterocycles. The second-order valence-corrected chi connectivity index (χ2v) is 4.18. The normalized spacial score (nSPS) is 11.2. The van der Waals surface area contributed by atoms with Gasteiger partial charge in [0.2, 0.25) is 0 Å². The van der Waals surface area contributed by atoms with E-state index < -0.39 is 5.97 Å². The number of carbonyl (C=O) groups is 1. The summed E-state index contributed by atoms with van der Waals surface area (Å²) < 4.78 is 5.05. The molecular formula is C16H14O4. The SMILES string of the molecule is COc1ccc(/C=C(\C(=O)O)c2ccc(O)cc2)cc1. The Labute approximate surface area is 116 Å². The average Bonchev–Trinajstić information content (AvgIpc) is 2.46. The summed E-state index contributed by atoms with van der Waals surface area (Å²) in [6, 6.07) is 13.1. The molecule has 0 fully saturated rings. The first kappa shape index (κ1) is 13.7. The molecule has 0 aliphatic carbocycles. The molecule has 0 bridgehead atoms. The first-order valence-electron chi connectivity index (χ1n) is 5.98. The molecule has 0 aliphatic rings. The lowest BCUT2D eigenvalue weighted by Crippen LogP contribution is -1.99. The molecule has 4 nitrogen and oxygen atoms in total. The second-order valence-electron chi connectivity index (χ2n) is 4.18. The summed E-state index contributed by atoms with van der Waals surface area (Å²) >= 11 is 0. The summed E-state index contributed by atoms with van der Waals surface area (Å²) in [5.41, 5.74) is 1.46. The molecule has 0 aromatic heterocycles. The number of hydrogen-bond acceptors (Lipinski definition) is 3. The fraction of sp³-hybridized carbons (Fsp3) is 0.0625. The maximum atomic E-state index is 11.4. The van der Waals surface area contributed by atoms with Gasteiger partial charge in [-0.3, -0.25) is 0 Å². The summed E-state index contributed by atoms with van der Waals surface area (Å²) in [5.74, 6) is -0.210. The lowest BCUT2D eigenvalue weighted by atomic mass is 10.0. The zero-order valence-corrected chi connectivity index (χ0v) is 10.9. The van der Waals surface area contributed by atoms with Gasteiger partial charge >= 0.3 is 5.97 Å². The molecule has 0 atom stereocenters. The number of aromatic hydroxyl groups is 1. The van der Waals surface area contributed by atoms with Crippen molar-refractivity contribution < 1.29 is 19.7 Å². The molecule has 0 saturated carbocycles. The van der Waals surface area contributed by atoms with Crippen molar-refractivity contribution in [2.45, 2.75) is 0 Å². The molecule has 2 aromatic rings. The fourth-order valence-electron chi connectivity index (χ4n) is 1.78. The lowest BCUT2D eigenvalue weighted by molar-refractivity contribution is -0.130. The molecule has 0 radical (unpaired) electrons. The van der Waals surface area contributed by atoms with Crippen LogP contribution in [0.2, 0.25) is 0 Å². The van der Waals surface area contributed by atoms with Crippen LogP contribution in [-0.2, 0) is 4.79 Å². The van der Waals surface area contributed by atoms with Gasteiger partial charge in [-0.05, 0) is 41.5 Å². The summed E-state index contributed by atoms with van der Waals surface area (Å²) in [7, 11) is 1.57. The van der Waals surface area contributed by atoms with Gasteiger partial charge in [0.15, 0.2) is 0 Å². The van der Waals surface area contributed by atoms with Crippen molar-refractivity contribution in [2.24, 2.45) is 0 Å². The Morgan fingerprint density at radius 1 is 1.05 bits per heavy atom. The van der Waals surface area contributed by atoms with Crippen molar-refractivity contribution in [1.82, 2.24) is 0 Å². The largest absolute Gasteiger partial charge is 0.508 e. The van der Waals surface area contributed by atoms with E-state index in [4.69, 9.17) is 4.74 Å². The highest BCUT2D eigenvalue weighted by atomic mass is 16.5. The fourth-order valence-corrected chi connectivity index (χ4v) is 1.78. The zero-order chi connectivity index (χ0) is 14.5. The van der Waals surface area contributed by atoms with Crippen LogP contribution in [-0.4, -0.2) is 23.3 Å². The zero-order valence-electron chi connectivity index (χ0n) is 10.9. The number of phenolic OH excluding ortho intramolecular Hbond substituents is 1. The predicted octanol–water partition coefficient (Wildman–Crippen LogP) is 3.03. The van der Waals surface area contributed by atoms with E-state index in [1.165, 1.54) is 12.1 Å². The van der Waals surface area contributed by atoms with Gasteiger partial charge < -0.3 is 14.9 Å². The van der Waals surface area contributed by atoms with Gasteiger partial charge in [-0.1, -0.05) is 24.3 Å². The van der Waals surface area contributed by atoms with Crippen LogP contribution in [0.15, 0.2) is 48.5 Å². The Morgan fingerprint density at radius 2 is 1.65 bits per heavy atom. The number of hydrogen-bond donors (Lipinski definition) is 2. The van der Waals surface area contributed by atoms with Gasteiger partial charge in [0, 0.05) is 0 Å². The van der Waals surface area contributed by atoms with Crippen LogP contribution in [0, 0.1) is 0 Å². The summed E-state index contributed by atoms with van der Waals surface area (Å²) in [5, 5.41) is 18.5. The van der Waals surface area contributed by atoms with Gasteiger partial charge in [0.1, 0.15) is 11.5 Å². The number of benzene rings is 2. The van der Waals surface area contributed by atoms with Crippen LogP contribution >= 0.6 is 0 Å². The molecule has 0 saturated heterocycles. The number of ether oxygens (including phenoxy) is 1. The van der Waals surface area contributed by atoms with Crippen LogP contribution in [0.25, 0.3) is 11.6 Å². The van der Waals surface area contributed by atoms with Crippen LogP contribution in [0.1, 0.15) is 11.1 Å². The van der Waals surface area contributed by atoms with E-state index in [1.807, 2.05) is 0 Å². The smallest absolute Gasteiger partial charge is 0.336 e. The van der Waals surface area contributed by atoms with E-state index in [1.54, 1.807) is 49.6 Å². The molecule has 0 spiro atoms. The molecule has 4 heteroatoms. The van der Waals surface area contributed by atoms with E-state index in [-0.39, 0.29) is 11.3 Å². The standard InChI is InChI=1S/C16H14O4/c1-20-14-8-2-11(3-9-14)10-15(16(18)19)12-4-6-13(17)7-5-12/h2-10,17H,1H3,(H,18,19)/b15-10-. The van der Waals surface area contributed by atoms with Crippen molar-refractivity contribution in [3.05, 3.63) is 59.7 Å². The number of carboxylic acid groups (broad SMARTS) is 1. The number of phenols is 1. The lowest BCUT2D eigenvalue weighted by Gasteiger charge is -2.04. The maximum absolute atomic E-state index is 11.4. The van der Waals surface area contributed by atoms with Crippen molar-refractivity contribution in [3.63, 3.8) is 0 Å². The minimum atomic E-state index is -1.02. The molecule has 0 heterocycles. The summed E-state index contributed by atoms with van der Waals surface area (Å²) in [4.78, 5) is 11.4. The third kappa shape index (κ3) is 3.17. The van der Waals surface area contributed by atoms with E-state index >= 15 is 0 Å². The van der Waals surface area contributed by atoms with Gasteiger partial charge in [0.25, 0.3) is 0 Å². The first-order valence-corrected chi connectivity index (χ1v) is 5.98. The molecule has 102 valence electrons. The predicted molar refractivity (Wildman–Crippen MR) is 76.6 cm³/mol. The Kier molecular flexibility index (Phi) is 4.05. The number of carboxylic acids is 1. The molecular weight excluding hydrogens is 256 g/mol. The topological polar surface area (TPSA) is 66.8 Å². The highest BCUT2D eigenvalue weighted by molar-refractivity contribution is 6.20. The van der Waals surface area contributed by atoms with E-state index in [0.29, 0.717) is 11.3 Å². The van der Waals surface area contributed by atoms with Gasteiger partial charge in [-0.25, -0.2) is 4.79 Å². The highest BCUT2D eigenvalue weighted by Gasteiger charge is 2.10. The molecule has 2 rings (SSSR count). The highest BCUT2D eigenvalue weighted by Crippen LogP contribution is 2.22. The quantitative estimate of drug-likeness (QED) is 0.662. The summed E-state index contributed by atoms with van der Waals surface area (Å²) in [6.45, 7) is 0. The Balaban J connectivity index is 2.39. The van der Waals surface area contributed by atoms with Crippen molar-refractivity contribution in [3.8, 4) is 11.5 Å². The molecule has 20 heavy (non-hydrogen) atoms. The number of rotatable bonds is 4. The van der Waals surface area contributed by atoms with Gasteiger partial charge in [0.05, 0.1) is 12.7 Å². The molecule has 2 N–H and O–H groups in total. The van der Waals surface area contributed by atoms with Crippen LogP contribution in [0.4, 0.5) is 0 Å². The van der Waals surface area contributed by atoms with Gasteiger partial charge in [-0.2, -0.15) is 0 Å². The van der Waals surface area contributed by atoms with Crippen LogP contribution in [0.3, 0.4) is 0 Å². The Morgan fingerprint density at radius 3 is 2.15 bits per heavy atom. The van der Waals surface area contributed by atoms with E-state index in [0.717, 1.165) is 5.56 Å². The van der Waals surface area contributed by atoms with Crippen LogP contribution < -0.4 is 4.74 Å². The monoisotopic (exact) mass is 270 g/mol. The average molecular weight is 270 g/mol. The second kappa shape index (κ2) is 5.93. The number of aliphatic carboxylic acids is 1. The first-order chi connectivity index (χ1) is 9.60. The van der Waals surface area contributed by atoms with E-state index in [9.17, 15) is 15.0 Å². The third-order valence-electron chi connectivity index (χ3n) is 2.84. The van der Waals surface area contributed by atoms with Crippen molar-refractivity contribution in [1.29, 1.82) is 0 Å². The molecule has 2 aromatic carbocycles. The number of methoxy groups -OCH3 is 1. The molecule has 0 unspecified atom stereocenters. The van der Waals surface area contributed by atoms with E-state index in [2.05, 4.69) is 0 Å². The Hall–Kier alpha value is -2.75.